The van der Waals surface area contributed by atoms with Gasteiger partial charge < -0.3 is 18.6 Å². The maximum atomic E-state index is 5.63. The van der Waals surface area contributed by atoms with Crippen LogP contribution in [0.15, 0.2) is 45.1 Å². The second-order valence-electron chi connectivity index (χ2n) is 4.83. The van der Waals surface area contributed by atoms with E-state index in [9.17, 15) is 0 Å². The number of rotatable bonds is 9. The standard InChI is InChI=1S/C17H20INO4/c1-20-14-7-5-13(6-8-14)10-22-12-17-19-15(11-23-17)16(21-2)4-3-9-18/h3,5-9,11,16H,4,10,12H2,1-2H3/b9-3+/t16-/m0/s1. The van der Waals surface area contributed by atoms with Gasteiger partial charge in [-0.15, -0.1) is 0 Å². The lowest BCUT2D eigenvalue weighted by Crippen LogP contribution is -2.01. The molecule has 0 aliphatic rings. The molecule has 0 spiro atoms. The van der Waals surface area contributed by atoms with Crippen molar-refractivity contribution in [3.05, 3.63) is 57.8 Å². The Kier molecular flexibility index (Phi) is 7.57. The second kappa shape index (κ2) is 9.69. The molecular formula is C17H20INO4. The van der Waals surface area contributed by atoms with E-state index in [1.807, 2.05) is 34.4 Å². The smallest absolute Gasteiger partial charge is 0.220 e. The first-order valence-electron chi connectivity index (χ1n) is 7.19. The number of ether oxygens (including phenoxy) is 3. The molecule has 0 unspecified atom stereocenters. The fraction of sp³-hybridized carbons (Fsp3) is 0.353. The first-order valence-corrected chi connectivity index (χ1v) is 8.44. The van der Waals surface area contributed by atoms with Gasteiger partial charge in [-0.25, -0.2) is 4.98 Å². The van der Waals surface area contributed by atoms with Crippen molar-refractivity contribution in [1.82, 2.24) is 4.98 Å². The number of nitrogens with zero attached hydrogens (tertiary/aromatic N) is 1. The topological polar surface area (TPSA) is 53.7 Å². The summed E-state index contributed by atoms with van der Waals surface area (Å²) < 4.78 is 23.6. The fourth-order valence-electron chi connectivity index (χ4n) is 2.03. The van der Waals surface area contributed by atoms with E-state index < -0.39 is 0 Å². The number of hydrogen-bond acceptors (Lipinski definition) is 5. The van der Waals surface area contributed by atoms with Gasteiger partial charge >= 0.3 is 0 Å². The van der Waals surface area contributed by atoms with Crippen molar-refractivity contribution >= 4 is 22.6 Å². The zero-order valence-electron chi connectivity index (χ0n) is 13.2. The predicted molar refractivity (Wildman–Crippen MR) is 95.5 cm³/mol. The summed E-state index contributed by atoms with van der Waals surface area (Å²) in [6.45, 7) is 0.817. The van der Waals surface area contributed by atoms with Crippen LogP contribution in [0.25, 0.3) is 0 Å². The van der Waals surface area contributed by atoms with Gasteiger partial charge in [0.25, 0.3) is 0 Å². The van der Waals surface area contributed by atoms with Crippen LogP contribution < -0.4 is 4.74 Å². The van der Waals surface area contributed by atoms with Crippen LogP contribution in [0.4, 0.5) is 0 Å². The summed E-state index contributed by atoms with van der Waals surface area (Å²) in [5.41, 5.74) is 1.85. The Balaban J connectivity index is 1.83. The van der Waals surface area contributed by atoms with E-state index in [-0.39, 0.29) is 6.10 Å². The Bertz CT molecular complexity index is 609. The molecule has 0 amide bonds. The van der Waals surface area contributed by atoms with Crippen molar-refractivity contribution in [3.63, 3.8) is 0 Å². The summed E-state index contributed by atoms with van der Waals surface area (Å²) in [6, 6.07) is 7.76. The molecule has 2 rings (SSSR count). The Morgan fingerprint density at radius 1 is 1.22 bits per heavy atom. The Labute approximate surface area is 149 Å². The summed E-state index contributed by atoms with van der Waals surface area (Å²) in [5.74, 6) is 1.38. The van der Waals surface area contributed by atoms with Gasteiger partial charge in [0.05, 0.1) is 13.7 Å². The molecule has 1 aromatic carbocycles. The molecule has 23 heavy (non-hydrogen) atoms. The molecule has 6 heteroatoms. The third-order valence-corrected chi connectivity index (χ3v) is 3.79. The van der Waals surface area contributed by atoms with Crippen LogP contribution in [0, 0.1) is 0 Å². The fourth-order valence-corrected chi connectivity index (χ4v) is 2.32. The molecule has 0 saturated heterocycles. The van der Waals surface area contributed by atoms with Crippen LogP contribution in [0.1, 0.15) is 29.7 Å². The molecule has 124 valence electrons. The average Bonchev–Trinajstić information content (AvgIpc) is 3.05. The molecule has 5 nitrogen and oxygen atoms in total. The van der Waals surface area contributed by atoms with Gasteiger partial charge in [-0.3, -0.25) is 0 Å². The van der Waals surface area contributed by atoms with E-state index >= 15 is 0 Å². The van der Waals surface area contributed by atoms with E-state index in [0.717, 1.165) is 23.4 Å². The molecule has 0 aliphatic heterocycles. The molecule has 0 radical (unpaired) electrons. The highest BCUT2D eigenvalue weighted by Crippen LogP contribution is 2.21. The molecule has 1 heterocycles. The van der Waals surface area contributed by atoms with Crippen molar-refractivity contribution in [3.8, 4) is 5.75 Å². The molecule has 2 aromatic rings. The summed E-state index contributed by atoms with van der Waals surface area (Å²) >= 11 is 2.18. The van der Waals surface area contributed by atoms with Gasteiger partial charge in [0.1, 0.15) is 30.4 Å². The van der Waals surface area contributed by atoms with Crippen LogP contribution >= 0.6 is 22.6 Å². The quantitative estimate of drug-likeness (QED) is 0.553. The molecule has 0 aliphatic carbocycles. The van der Waals surface area contributed by atoms with Crippen LogP contribution in [0.5, 0.6) is 5.75 Å². The van der Waals surface area contributed by atoms with E-state index in [4.69, 9.17) is 18.6 Å². The molecular weight excluding hydrogens is 409 g/mol. The molecule has 0 fully saturated rings. The van der Waals surface area contributed by atoms with Gasteiger partial charge in [0.2, 0.25) is 5.89 Å². The highest BCUT2D eigenvalue weighted by molar-refractivity contribution is 14.1. The molecule has 1 aromatic heterocycles. The zero-order valence-corrected chi connectivity index (χ0v) is 15.4. The van der Waals surface area contributed by atoms with Crippen LogP contribution in [0.2, 0.25) is 0 Å². The third-order valence-electron chi connectivity index (χ3n) is 3.28. The number of halogens is 1. The number of oxazole rings is 1. The number of hydrogen-bond donors (Lipinski definition) is 0. The number of methoxy groups -OCH3 is 2. The number of benzene rings is 1. The van der Waals surface area contributed by atoms with E-state index in [0.29, 0.717) is 19.1 Å². The van der Waals surface area contributed by atoms with Crippen LogP contribution in [-0.4, -0.2) is 19.2 Å². The summed E-state index contributed by atoms with van der Waals surface area (Å²) in [7, 11) is 3.31. The van der Waals surface area contributed by atoms with Crippen LogP contribution in [0.3, 0.4) is 0 Å². The highest BCUT2D eigenvalue weighted by atomic mass is 127. The van der Waals surface area contributed by atoms with E-state index in [2.05, 4.69) is 27.6 Å². The van der Waals surface area contributed by atoms with Gasteiger partial charge in [-0.2, -0.15) is 0 Å². The normalized spacial score (nSPS) is 12.7. The summed E-state index contributed by atoms with van der Waals surface area (Å²) in [6.07, 6.45) is 4.32. The maximum absolute atomic E-state index is 5.63. The minimum Gasteiger partial charge on any atom is -0.497 e. The minimum absolute atomic E-state index is 0.0971. The first kappa shape index (κ1) is 18.0. The molecule has 0 saturated carbocycles. The third kappa shape index (κ3) is 5.63. The monoisotopic (exact) mass is 429 g/mol. The molecule has 0 N–H and O–H groups in total. The summed E-state index contributed by atoms with van der Waals surface area (Å²) in [4.78, 5) is 4.42. The minimum atomic E-state index is -0.0971. The molecule has 0 bridgehead atoms. The van der Waals surface area contributed by atoms with Crippen molar-refractivity contribution in [2.24, 2.45) is 0 Å². The van der Waals surface area contributed by atoms with Crippen molar-refractivity contribution < 1.29 is 18.6 Å². The Hall–Kier alpha value is -1.38. The SMILES string of the molecule is COc1ccc(COCc2nc([C@H](C/C=C/I)OC)co2)cc1. The largest absolute Gasteiger partial charge is 0.497 e. The van der Waals surface area contributed by atoms with Gasteiger partial charge in [0.15, 0.2) is 0 Å². The van der Waals surface area contributed by atoms with Gasteiger partial charge in [0, 0.05) is 7.11 Å². The lowest BCUT2D eigenvalue weighted by atomic mass is 10.2. The molecule has 1 atom stereocenters. The van der Waals surface area contributed by atoms with E-state index in [1.165, 1.54) is 0 Å². The van der Waals surface area contributed by atoms with Crippen molar-refractivity contribution in [2.75, 3.05) is 14.2 Å². The summed E-state index contributed by atoms with van der Waals surface area (Å²) in [5, 5.41) is 0. The Morgan fingerprint density at radius 3 is 2.65 bits per heavy atom. The zero-order chi connectivity index (χ0) is 16.5. The Morgan fingerprint density at radius 2 is 2.00 bits per heavy atom. The lowest BCUT2D eigenvalue weighted by molar-refractivity contribution is 0.0888. The highest BCUT2D eigenvalue weighted by Gasteiger charge is 2.14. The van der Waals surface area contributed by atoms with Crippen molar-refractivity contribution in [2.45, 2.75) is 25.7 Å². The average molecular weight is 429 g/mol. The number of aromatic nitrogens is 1. The van der Waals surface area contributed by atoms with E-state index in [1.54, 1.807) is 20.5 Å². The predicted octanol–water partition coefficient (Wildman–Crippen LogP) is 4.43. The first-order chi connectivity index (χ1) is 11.3. The lowest BCUT2D eigenvalue weighted by Gasteiger charge is -2.08. The maximum Gasteiger partial charge on any atom is 0.220 e. The second-order valence-corrected chi connectivity index (χ2v) is 5.55. The van der Waals surface area contributed by atoms with Crippen LogP contribution in [-0.2, 0) is 22.7 Å². The van der Waals surface area contributed by atoms with Gasteiger partial charge in [-0.05, 0) is 28.2 Å². The van der Waals surface area contributed by atoms with Gasteiger partial charge in [-0.1, -0.05) is 40.8 Å². The van der Waals surface area contributed by atoms with Crippen molar-refractivity contribution in [1.29, 1.82) is 0 Å².